The molecule has 1 aliphatic heterocycles. The van der Waals surface area contributed by atoms with Crippen molar-refractivity contribution >= 4 is 22.5 Å². The second-order valence-electron chi connectivity index (χ2n) is 6.42. The zero-order valence-corrected chi connectivity index (χ0v) is 15.3. The summed E-state index contributed by atoms with van der Waals surface area (Å²) in [6, 6.07) is 15.7. The Labute approximate surface area is 158 Å². The van der Waals surface area contributed by atoms with Gasteiger partial charge in [0, 0.05) is 22.8 Å². The largest absolute Gasteiger partial charge is 0.310 e. The standard InChI is InChI=1S/C20H18FN3O2S/c21-15-7-9-16(10-8-15)24-20(17-12-27(26)13-18(17)23-24)22-19(25)11-6-14-4-2-1-3-5-14/h1-5,7-10H,6,11-13H2,(H,22,25). The summed E-state index contributed by atoms with van der Waals surface area (Å²) in [5.41, 5.74) is 3.25. The molecule has 1 N–H and O–H groups in total. The van der Waals surface area contributed by atoms with E-state index in [1.807, 2.05) is 30.3 Å². The van der Waals surface area contributed by atoms with Crippen LogP contribution in [0.25, 0.3) is 5.69 Å². The zero-order valence-electron chi connectivity index (χ0n) is 14.5. The van der Waals surface area contributed by atoms with Gasteiger partial charge >= 0.3 is 0 Å². The number of anilines is 1. The van der Waals surface area contributed by atoms with Crippen LogP contribution in [0.1, 0.15) is 23.2 Å². The molecule has 0 saturated heterocycles. The van der Waals surface area contributed by atoms with Crippen molar-refractivity contribution in [2.75, 3.05) is 5.32 Å². The average Bonchev–Trinajstić information content (AvgIpc) is 3.19. The molecule has 138 valence electrons. The Morgan fingerprint density at radius 1 is 1.11 bits per heavy atom. The van der Waals surface area contributed by atoms with Gasteiger partial charge in [-0.1, -0.05) is 30.3 Å². The molecule has 0 radical (unpaired) electrons. The SMILES string of the molecule is O=C(CCc1ccccc1)Nc1c2c(nn1-c1ccc(F)cc1)CS(=O)C2. The van der Waals surface area contributed by atoms with Gasteiger partial charge in [-0.3, -0.25) is 9.00 Å². The van der Waals surface area contributed by atoms with Gasteiger partial charge in [-0.2, -0.15) is 5.10 Å². The average molecular weight is 383 g/mol. The molecule has 3 aromatic rings. The number of carbonyl (C=O) groups is 1. The molecule has 0 saturated carbocycles. The molecule has 4 rings (SSSR count). The molecule has 0 aliphatic carbocycles. The molecule has 1 atom stereocenters. The van der Waals surface area contributed by atoms with Gasteiger partial charge in [0.15, 0.2) is 0 Å². The van der Waals surface area contributed by atoms with E-state index in [0.29, 0.717) is 35.9 Å². The fourth-order valence-electron chi connectivity index (χ4n) is 3.12. The summed E-state index contributed by atoms with van der Waals surface area (Å²) in [5.74, 6) is 0.789. The van der Waals surface area contributed by atoms with Crippen LogP contribution in [0.5, 0.6) is 0 Å². The van der Waals surface area contributed by atoms with Gasteiger partial charge < -0.3 is 5.32 Å². The minimum atomic E-state index is -1.00. The fraction of sp³-hybridized carbons (Fsp3) is 0.200. The van der Waals surface area contributed by atoms with E-state index in [-0.39, 0.29) is 11.7 Å². The van der Waals surface area contributed by atoms with Crippen LogP contribution < -0.4 is 5.32 Å². The third kappa shape index (κ3) is 3.83. The number of nitrogens with zero attached hydrogens (tertiary/aromatic N) is 2. The van der Waals surface area contributed by atoms with E-state index in [1.165, 1.54) is 12.1 Å². The summed E-state index contributed by atoms with van der Waals surface area (Å²) in [6.07, 6.45) is 0.960. The Morgan fingerprint density at radius 2 is 1.85 bits per heavy atom. The molecule has 1 aromatic heterocycles. The van der Waals surface area contributed by atoms with Gasteiger partial charge in [0.05, 0.1) is 22.9 Å². The Kier molecular flexibility index (Phi) is 4.85. The maximum absolute atomic E-state index is 13.2. The first-order valence-corrected chi connectivity index (χ1v) is 10.1. The molecule has 5 nitrogen and oxygen atoms in total. The molecule has 1 amide bonds. The first kappa shape index (κ1) is 17.6. The van der Waals surface area contributed by atoms with E-state index in [4.69, 9.17) is 0 Å². The molecule has 0 spiro atoms. The van der Waals surface area contributed by atoms with Crippen molar-refractivity contribution in [3.63, 3.8) is 0 Å². The van der Waals surface area contributed by atoms with E-state index < -0.39 is 10.8 Å². The van der Waals surface area contributed by atoms with Gasteiger partial charge in [-0.15, -0.1) is 0 Å². The van der Waals surface area contributed by atoms with Crippen LogP contribution >= 0.6 is 0 Å². The molecular formula is C20H18FN3O2S. The van der Waals surface area contributed by atoms with E-state index in [0.717, 1.165) is 16.8 Å². The molecule has 1 unspecified atom stereocenters. The number of rotatable bonds is 5. The lowest BCUT2D eigenvalue weighted by molar-refractivity contribution is -0.116. The zero-order chi connectivity index (χ0) is 18.8. The van der Waals surface area contributed by atoms with Gasteiger partial charge in [0.2, 0.25) is 5.91 Å². The second kappa shape index (κ2) is 7.44. The predicted molar refractivity (Wildman–Crippen MR) is 102 cm³/mol. The van der Waals surface area contributed by atoms with Gasteiger partial charge in [-0.05, 0) is 36.2 Å². The number of carbonyl (C=O) groups excluding carboxylic acids is 1. The van der Waals surface area contributed by atoms with E-state index >= 15 is 0 Å². The lowest BCUT2D eigenvalue weighted by Gasteiger charge is -2.11. The van der Waals surface area contributed by atoms with Crippen LogP contribution in [0.15, 0.2) is 54.6 Å². The van der Waals surface area contributed by atoms with E-state index in [9.17, 15) is 13.4 Å². The number of nitrogens with one attached hydrogen (secondary N) is 1. The van der Waals surface area contributed by atoms with E-state index in [1.54, 1.807) is 16.8 Å². The molecule has 27 heavy (non-hydrogen) atoms. The molecular weight excluding hydrogens is 365 g/mol. The highest BCUT2D eigenvalue weighted by atomic mass is 32.2. The number of benzene rings is 2. The maximum Gasteiger partial charge on any atom is 0.225 e. The van der Waals surface area contributed by atoms with Gasteiger partial charge in [0.1, 0.15) is 11.6 Å². The molecule has 2 heterocycles. The molecule has 0 fully saturated rings. The van der Waals surface area contributed by atoms with Crippen molar-refractivity contribution in [3.05, 3.63) is 77.2 Å². The Balaban J connectivity index is 1.58. The Morgan fingerprint density at radius 3 is 2.59 bits per heavy atom. The number of hydrogen-bond acceptors (Lipinski definition) is 3. The van der Waals surface area contributed by atoms with Crippen LogP contribution in [0.4, 0.5) is 10.2 Å². The predicted octanol–water partition coefficient (Wildman–Crippen LogP) is 3.35. The second-order valence-corrected chi connectivity index (χ2v) is 7.88. The minimum Gasteiger partial charge on any atom is -0.310 e. The smallest absolute Gasteiger partial charge is 0.225 e. The third-order valence-corrected chi connectivity index (χ3v) is 5.69. The highest BCUT2D eigenvalue weighted by Crippen LogP contribution is 2.31. The number of amides is 1. The van der Waals surface area contributed by atoms with Gasteiger partial charge in [-0.25, -0.2) is 9.07 Å². The monoisotopic (exact) mass is 383 g/mol. The molecule has 7 heteroatoms. The lowest BCUT2D eigenvalue weighted by Crippen LogP contribution is -2.17. The Hall–Kier alpha value is -2.80. The molecule has 1 aliphatic rings. The van der Waals surface area contributed by atoms with Crippen molar-refractivity contribution < 1.29 is 13.4 Å². The maximum atomic E-state index is 13.2. The topological polar surface area (TPSA) is 64.0 Å². The fourth-order valence-corrected chi connectivity index (χ4v) is 4.39. The van der Waals surface area contributed by atoms with E-state index in [2.05, 4.69) is 10.4 Å². The molecule has 2 aromatic carbocycles. The number of aryl methyl sites for hydroxylation is 1. The summed E-state index contributed by atoms with van der Waals surface area (Å²) in [6.45, 7) is 0. The van der Waals surface area contributed by atoms with Crippen molar-refractivity contribution in [1.29, 1.82) is 0 Å². The van der Waals surface area contributed by atoms with Crippen molar-refractivity contribution in [2.24, 2.45) is 0 Å². The lowest BCUT2D eigenvalue weighted by atomic mass is 10.1. The summed E-state index contributed by atoms with van der Waals surface area (Å²) in [4.78, 5) is 12.5. The quantitative estimate of drug-likeness (QED) is 0.735. The summed E-state index contributed by atoms with van der Waals surface area (Å²) < 4.78 is 26.7. The van der Waals surface area contributed by atoms with Crippen LogP contribution in [-0.2, 0) is 33.5 Å². The first-order valence-electron chi connectivity index (χ1n) is 8.65. The summed E-state index contributed by atoms with van der Waals surface area (Å²) >= 11 is 0. The van der Waals surface area contributed by atoms with Crippen molar-refractivity contribution in [1.82, 2.24) is 9.78 Å². The summed E-state index contributed by atoms with van der Waals surface area (Å²) in [7, 11) is -1.00. The minimum absolute atomic E-state index is 0.136. The number of hydrogen-bond donors (Lipinski definition) is 1. The summed E-state index contributed by atoms with van der Waals surface area (Å²) in [5, 5.41) is 7.43. The number of aromatic nitrogens is 2. The van der Waals surface area contributed by atoms with Gasteiger partial charge in [0.25, 0.3) is 0 Å². The normalized spacial score (nSPS) is 15.5. The highest BCUT2D eigenvalue weighted by molar-refractivity contribution is 7.83. The number of fused-ring (bicyclic) bond motifs is 1. The number of halogens is 1. The Bertz CT molecular complexity index is 1000. The van der Waals surface area contributed by atoms with Crippen LogP contribution in [0.2, 0.25) is 0 Å². The molecule has 0 bridgehead atoms. The van der Waals surface area contributed by atoms with Crippen LogP contribution in [0.3, 0.4) is 0 Å². The third-order valence-electron chi connectivity index (χ3n) is 4.48. The van der Waals surface area contributed by atoms with Crippen LogP contribution in [-0.4, -0.2) is 19.9 Å². The van der Waals surface area contributed by atoms with Crippen LogP contribution in [0, 0.1) is 5.82 Å². The first-order chi connectivity index (χ1) is 13.1. The van der Waals surface area contributed by atoms with Crippen molar-refractivity contribution in [3.8, 4) is 5.69 Å². The van der Waals surface area contributed by atoms with Crippen molar-refractivity contribution in [2.45, 2.75) is 24.3 Å². The highest BCUT2D eigenvalue weighted by Gasteiger charge is 2.28.